The largest absolute Gasteiger partial charge is 0.462 e. The van der Waals surface area contributed by atoms with Crippen LogP contribution in [-0.4, -0.2) is 37.2 Å². The first-order valence-electron chi connectivity index (χ1n) is 27.8. The standard InChI is InChI=1S/C59H104O6/c1-4-7-10-13-16-19-22-25-28-30-32-34-37-40-43-46-49-52-58(61)64-55-56(54-63-57(60)51-48-45-42-39-36-33-27-24-21-18-15-12-9-6-3)65-59(62)53-50-47-44-41-38-35-31-29-26-23-20-17-14-11-8-5-2/h15-16,18-19,24-25,27-28,32,34,56H,4-14,17,20-23,26,29-31,33,35-55H2,1-3H3/b18-15-,19-16-,27-24-,28-25-,34-32-/t56-/m1/s1. The zero-order valence-corrected chi connectivity index (χ0v) is 43.0. The molecule has 0 fully saturated rings. The van der Waals surface area contributed by atoms with Gasteiger partial charge in [0.25, 0.3) is 0 Å². The molecule has 0 rings (SSSR count). The number of hydrogen-bond acceptors (Lipinski definition) is 6. The van der Waals surface area contributed by atoms with Crippen LogP contribution in [0, 0.1) is 0 Å². The number of carbonyl (C=O) groups is 3. The first-order valence-corrected chi connectivity index (χ1v) is 27.8. The summed E-state index contributed by atoms with van der Waals surface area (Å²) >= 11 is 0. The number of carbonyl (C=O) groups excluding carboxylic acids is 3. The highest BCUT2D eigenvalue weighted by Gasteiger charge is 2.19. The summed E-state index contributed by atoms with van der Waals surface area (Å²) < 4.78 is 16.8. The minimum atomic E-state index is -0.787. The van der Waals surface area contributed by atoms with Crippen molar-refractivity contribution in [3.8, 4) is 0 Å². The maximum absolute atomic E-state index is 12.8. The fourth-order valence-electron chi connectivity index (χ4n) is 7.76. The average molecular weight is 909 g/mol. The lowest BCUT2D eigenvalue weighted by Crippen LogP contribution is -2.30. The quantitative estimate of drug-likeness (QED) is 0.0262. The molecule has 0 aromatic rings. The third-order valence-electron chi connectivity index (χ3n) is 12.0. The van der Waals surface area contributed by atoms with Gasteiger partial charge in [0, 0.05) is 19.3 Å². The summed E-state index contributed by atoms with van der Waals surface area (Å²) in [7, 11) is 0. The van der Waals surface area contributed by atoms with Gasteiger partial charge in [-0.2, -0.15) is 0 Å². The lowest BCUT2D eigenvalue weighted by molar-refractivity contribution is -0.167. The van der Waals surface area contributed by atoms with Crippen LogP contribution in [0.1, 0.15) is 278 Å². The molecule has 0 aliphatic heterocycles. The van der Waals surface area contributed by atoms with Crippen LogP contribution in [-0.2, 0) is 28.6 Å². The van der Waals surface area contributed by atoms with E-state index in [1.165, 1.54) is 135 Å². The van der Waals surface area contributed by atoms with Crippen molar-refractivity contribution in [2.75, 3.05) is 13.2 Å². The summed E-state index contributed by atoms with van der Waals surface area (Å²) in [6.07, 6.45) is 66.3. The molecule has 0 radical (unpaired) electrons. The van der Waals surface area contributed by atoms with Gasteiger partial charge in [-0.3, -0.25) is 14.4 Å². The van der Waals surface area contributed by atoms with Crippen LogP contribution >= 0.6 is 0 Å². The number of ether oxygens (including phenoxy) is 3. The Morgan fingerprint density at radius 1 is 0.308 bits per heavy atom. The molecule has 0 aliphatic carbocycles. The Kier molecular flexibility index (Phi) is 51.3. The van der Waals surface area contributed by atoms with E-state index in [-0.39, 0.29) is 31.1 Å². The molecule has 1 atom stereocenters. The van der Waals surface area contributed by atoms with E-state index in [1.54, 1.807) is 0 Å². The van der Waals surface area contributed by atoms with E-state index in [0.29, 0.717) is 19.3 Å². The molecule has 0 saturated carbocycles. The first kappa shape index (κ1) is 62.1. The molecule has 65 heavy (non-hydrogen) atoms. The van der Waals surface area contributed by atoms with Gasteiger partial charge in [-0.15, -0.1) is 0 Å². The van der Waals surface area contributed by atoms with Gasteiger partial charge in [0.2, 0.25) is 0 Å². The molecule has 6 nitrogen and oxygen atoms in total. The van der Waals surface area contributed by atoms with Crippen molar-refractivity contribution in [3.63, 3.8) is 0 Å². The smallest absolute Gasteiger partial charge is 0.306 e. The highest BCUT2D eigenvalue weighted by molar-refractivity contribution is 5.71. The summed E-state index contributed by atoms with van der Waals surface area (Å²) in [6.45, 7) is 6.56. The molecule has 0 aromatic carbocycles. The van der Waals surface area contributed by atoms with Crippen LogP contribution in [0.5, 0.6) is 0 Å². The van der Waals surface area contributed by atoms with E-state index in [1.807, 2.05) is 0 Å². The Labute approximate surface area is 402 Å². The van der Waals surface area contributed by atoms with Crippen molar-refractivity contribution in [3.05, 3.63) is 60.8 Å². The zero-order valence-electron chi connectivity index (χ0n) is 43.0. The third kappa shape index (κ3) is 51.9. The fourth-order valence-corrected chi connectivity index (χ4v) is 7.76. The molecule has 0 N–H and O–H groups in total. The lowest BCUT2D eigenvalue weighted by atomic mass is 10.0. The summed E-state index contributed by atoms with van der Waals surface area (Å²) in [6, 6.07) is 0. The molecule has 0 aliphatic rings. The second-order valence-corrected chi connectivity index (χ2v) is 18.5. The summed E-state index contributed by atoms with van der Waals surface area (Å²) in [5.41, 5.74) is 0. The van der Waals surface area contributed by atoms with Crippen molar-refractivity contribution in [2.45, 2.75) is 284 Å². The van der Waals surface area contributed by atoms with Crippen LogP contribution < -0.4 is 0 Å². The van der Waals surface area contributed by atoms with E-state index in [2.05, 4.69) is 81.5 Å². The lowest BCUT2D eigenvalue weighted by Gasteiger charge is -2.18. The number of rotatable bonds is 50. The van der Waals surface area contributed by atoms with Gasteiger partial charge in [-0.05, 0) is 83.5 Å². The van der Waals surface area contributed by atoms with Gasteiger partial charge in [0.05, 0.1) is 0 Å². The minimum absolute atomic E-state index is 0.0869. The van der Waals surface area contributed by atoms with E-state index in [9.17, 15) is 14.4 Å². The maximum Gasteiger partial charge on any atom is 0.306 e. The molecular weight excluding hydrogens is 805 g/mol. The van der Waals surface area contributed by atoms with E-state index in [4.69, 9.17) is 14.2 Å². The molecular formula is C59H104O6. The molecule has 0 unspecified atom stereocenters. The van der Waals surface area contributed by atoms with Gasteiger partial charge in [0.1, 0.15) is 13.2 Å². The topological polar surface area (TPSA) is 78.9 Å². The van der Waals surface area contributed by atoms with Crippen LogP contribution in [0.15, 0.2) is 60.8 Å². The Bertz CT molecular complexity index is 1180. The SMILES string of the molecule is CCCC/C=C\C/C=C\CCCCCCCC(=O)OC[C@H](COC(=O)CCCCCC/C=C\C/C=C\C/C=C\CCCCC)OC(=O)CCCCCCCCCCCCCCCCCC. The maximum atomic E-state index is 12.8. The van der Waals surface area contributed by atoms with Gasteiger partial charge in [-0.25, -0.2) is 0 Å². The van der Waals surface area contributed by atoms with Crippen molar-refractivity contribution in [1.29, 1.82) is 0 Å². The number of unbranched alkanes of at least 4 members (excludes halogenated alkanes) is 29. The summed E-state index contributed by atoms with van der Waals surface area (Å²) in [4.78, 5) is 38.1. The molecule has 0 spiro atoms. The van der Waals surface area contributed by atoms with Crippen LogP contribution in [0.2, 0.25) is 0 Å². The minimum Gasteiger partial charge on any atom is -0.462 e. The third-order valence-corrected chi connectivity index (χ3v) is 12.0. The summed E-state index contributed by atoms with van der Waals surface area (Å²) in [5, 5.41) is 0. The van der Waals surface area contributed by atoms with Gasteiger partial charge < -0.3 is 14.2 Å². The van der Waals surface area contributed by atoms with E-state index in [0.717, 1.165) is 103 Å². The molecule has 0 bridgehead atoms. The Balaban J connectivity index is 4.42. The second-order valence-electron chi connectivity index (χ2n) is 18.5. The fraction of sp³-hybridized carbons (Fsp3) is 0.780. The Morgan fingerprint density at radius 2 is 0.569 bits per heavy atom. The predicted molar refractivity (Wildman–Crippen MR) is 279 cm³/mol. The zero-order chi connectivity index (χ0) is 47.2. The van der Waals surface area contributed by atoms with Crippen LogP contribution in [0.4, 0.5) is 0 Å². The average Bonchev–Trinajstić information content (AvgIpc) is 3.30. The van der Waals surface area contributed by atoms with E-state index < -0.39 is 6.10 Å². The highest BCUT2D eigenvalue weighted by atomic mass is 16.6. The Hall–Kier alpha value is -2.89. The molecule has 6 heteroatoms. The Morgan fingerprint density at radius 3 is 0.938 bits per heavy atom. The van der Waals surface area contributed by atoms with E-state index >= 15 is 0 Å². The van der Waals surface area contributed by atoms with Gasteiger partial charge in [-0.1, -0.05) is 236 Å². The van der Waals surface area contributed by atoms with Crippen molar-refractivity contribution in [2.24, 2.45) is 0 Å². The molecule has 0 amide bonds. The molecule has 0 saturated heterocycles. The van der Waals surface area contributed by atoms with Crippen LogP contribution in [0.25, 0.3) is 0 Å². The summed E-state index contributed by atoms with van der Waals surface area (Å²) in [5.74, 6) is -0.911. The predicted octanol–water partition coefficient (Wildman–Crippen LogP) is 18.4. The number of esters is 3. The molecule has 0 aromatic heterocycles. The first-order chi connectivity index (χ1) is 32.0. The number of hydrogen-bond donors (Lipinski definition) is 0. The monoisotopic (exact) mass is 909 g/mol. The van der Waals surface area contributed by atoms with Crippen LogP contribution in [0.3, 0.4) is 0 Å². The molecule has 0 heterocycles. The number of allylic oxidation sites excluding steroid dienone is 10. The van der Waals surface area contributed by atoms with Gasteiger partial charge >= 0.3 is 17.9 Å². The van der Waals surface area contributed by atoms with Gasteiger partial charge in [0.15, 0.2) is 6.10 Å². The molecule has 376 valence electrons. The van der Waals surface area contributed by atoms with Crippen molar-refractivity contribution < 1.29 is 28.6 Å². The van der Waals surface area contributed by atoms with Crippen molar-refractivity contribution in [1.82, 2.24) is 0 Å². The second kappa shape index (κ2) is 53.7. The van der Waals surface area contributed by atoms with Crippen molar-refractivity contribution >= 4 is 17.9 Å². The normalized spacial score (nSPS) is 12.5. The highest BCUT2D eigenvalue weighted by Crippen LogP contribution is 2.16.